The summed E-state index contributed by atoms with van der Waals surface area (Å²) in [6, 6.07) is 0.168. The van der Waals surface area contributed by atoms with E-state index in [1.165, 1.54) is 19.4 Å². The first-order chi connectivity index (χ1) is 6.18. The summed E-state index contributed by atoms with van der Waals surface area (Å²) in [4.78, 5) is 2.37. The summed E-state index contributed by atoms with van der Waals surface area (Å²) in [5.41, 5.74) is 5.64. The Kier molecular flexibility index (Phi) is 4.70. The molecule has 0 aromatic rings. The molecule has 1 aliphatic heterocycles. The topological polar surface area (TPSA) is 38.5 Å². The molecular formula is C10H22N2O. The highest BCUT2D eigenvalue weighted by Gasteiger charge is 2.15. The fraction of sp³-hybridized carbons (Fsp3) is 1.00. The Labute approximate surface area is 81.2 Å². The van der Waals surface area contributed by atoms with Crippen LogP contribution in [0.4, 0.5) is 0 Å². The van der Waals surface area contributed by atoms with Gasteiger partial charge in [0.05, 0.1) is 12.7 Å². The quantitative estimate of drug-likeness (QED) is 0.709. The first-order valence-electron chi connectivity index (χ1n) is 5.24. The van der Waals surface area contributed by atoms with Crippen LogP contribution in [0, 0.1) is 0 Å². The molecule has 1 aliphatic rings. The lowest BCUT2D eigenvalue weighted by Crippen LogP contribution is -2.26. The Balaban J connectivity index is 2.18. The summed E-state index contributed by atoms with van der Waals surface area (Å²) < 4.78 is 5.72. The zero-order chi connectivity index (χ0) is 9.68. The van der Waals surface area contributed by atoms with Gasteiger partial charge in [-0.15, -0.1) is 0 Å². The van der Waals surface area contributed by atoms with Crippen LogP contribution in [0.25, 0.3) is 0 Å². The van der Waals surface area contributed by atoms with Crippen molar-refractivity contribution in [2.24, 2.45) is 5.73 Å². The van der Waals surface area contributed by atoms with Gasteiger partial charge in [0.2, 0.25) is 0 Å². The van der Waals surface area contributed by atoms with E-state index in [4.69, 9.17) is 10.5 Å². The molecule has 1 rings (SSSR count). The van der Waals surface area contributed by atoms with E-state index in [1.54, 1.807) is 0 Å². The number of nitrogens with zero attached hydrogens (tertiary/aromatic N) is 1. The predicted octanol–water partition coefficient (Wildman–Crippen LogP) is 0.834. The van der Waals surface area contributed by atoms with E-state index in [9.17, 15) is 0 Å². The van der Waals surface area contributed by atoms with Gasteiger partial charge in [-0.1, -0.05) is 0 Å². The number of hydrogen-bond donors (Lipinski definition) is 1. The van der Waals surface area contributed by atoms with Gasteiger partial charge in [0.25, 0.3) is 0 Å². The fourth-order valence-corrected chi connectivity index (χ4v) is 1.66. The molecule has 0 aromatic carbocycles. The first-order valence-corrected chi connectivity index (χ1v) is 5.24. The fourth-order valence-electron chi connectivity index (χ4n) is 1.66. The van der Waals surface area contributed by atoms with E-state index in [0.717, 1.165) is 13.0 Å². The molecular weight excluding hydrogens is 164 g/mol. The average Bonchev–Trinajstić information content (AvgIpc) is 2.27. The molecule has 3 nitrogen and oxygen atoms in total. The number of rotatable bonds is 3. The van der Waals surface area contributed by atoms with Crippen LogP contribution in [0.5, 0.6) is 0 Å². The van der Waals surface area contributed by atoms with E-state index in [1.807, 2.05) is 6.92 Å². The largest absolute Gasteiger partial charge is 0.377 e. The summed E-state index contributed by atoms with van der Waals surface area (Å²) >= 11 is 0. The predicted molar refractivity (Wildman–Crippen MR) is 54.7 cm³/mol. The second-order valence-electron chi connectivity index (χ2n) is 4.17. The number of hydrogen-bond acceptors (Lipinski definition) is 3. The second kappa shape index (κ2) is 5.58. The normalized spacial score (nSPS) is 28.4. The number of ether oxygens (including phenoxy) is 1. The molecule has 2 atom stereocenters. The van der Waals surface area contributed by atoms with Gasteiger partial charge in [0, 0.05) is 12.6 Å². The third-order valence-electron chi connectivity index (χ3n) is 2.49. The Morgan fingerprint density at radius 2 is 2.23 bits per heavy atom. The van der Waals surface area contributed by atoms with Crippen molar-refractivity contribution in [1.29, 1.82) is 0 Å². The van der Waals surface area contributed by atoms with Crippen LogP contribution in [0.1, 0.15) is 26.2 Å². The lowest BCUT2D eigenvalue weighted by atomic mass is 10.1. The molecule has 1 fully saturated rings. The van der Waals surface area contributed by atoms with Crippen LogP contribution in [0.3, 0.4) is 0 Å². The van der Waals surface area contributed by atoms with E-state index < -0.39 is 0 Å². The molecule has 0 aromatic heterocycles. The highest BCUT2D eigenvalue weighted by atomic mass is 16.5. The Bertz CT molecular complexity index is 139. The van der Waals surface area contributed by atoms with Gasteiger partial charge in [-0.25, -0.2) is 0 Å². The monoisotopic (exact) mass is 186 g/mol. The smallest absolute Gasteiger partial charge is 0.0618 e. The third-order valence-corrected chi connectivity index (χ3v) is 2.49. The van der Waals surface area contributed by atoms with Gasteiger partial charge in [-0.3, -0.25) is 0 Å². The molecule has 0 saturated carbocycles. The summed E-state index contributed by atoms with van der Waals surface area (Å²) in [5, 5.41) is 0. The summed E-state index contributed by atoms with van der Waals surface area (Å²) in [7, 11) is 2.17. The molecule has 2 unspecified atom stereocenters. The van der Waals surface area contributed by atoms with Gasteiger partial charge < -0.3 is 15.4 Å². The van der Waals surface area contributed by atoms with Gasteiger partial charge in [-0.05, 0) is 39.8 Å². The molecule has 0 amide bonds. The van der Waals surface area contributed by atoms with Gasteiger partial charge in [0.15, 0.2) is 0 Å². The summed E-state index contributed by atoms with van der Waals surface area (Å²) in [6.45, 7) is 5.05. The van der Waals surface area contributed by atoms with Gasteiger partial charge in [0.1, 0.15) is 0 Å². The van der Waals surface area contributed by atoms with Crippen LogP contribution < -0.4 is 5.73 Å². The molecule has 0 spiro atoms. The van der Waals surface area contributed by atoms with Gasteiger partial charge in [-0.2, -0.15) is 0 Å². The third kappa shape index (κ3) is 4.60. The lowest BCUT2D eigenvalue weighted by Gasteiger charge is -2.17. The standard InChI is InChI=1S/C10H22N2O/c1-9(11)8-13-10-4-3-6-12(2)7-5-10/h9-10H,3-8,11H2,1-2H3. The van der Waals surface area contributed by atoms with Crippen LogP contribution in [-0.4, -0.2) is 43.8 Å². The molecule has 2 N–H and O–H groups in total. The van der Waals surface area contributed by atoms with E-state index in [0.29, 0.717) is 12.7 Å². The molecule has 0 radical (unpaired) electrons. The zero-order valence-corrected chi connectivity index (χ0v) is 8.83. The van der Waals surface area contributed by atoms with E-state index in [-0.39, 0.29) is 6.04 Å². The van der Waals surface area contributed by atoms with Crippen LogP contribution in [0.2, 0.25) is 0 Å². The molecule has 0 aliphatic carbocycles. The molecule has 1 heterocycles. The van der Waals surface area contributed by atoms with Crippen molar-refractivity contribution in [2.45, 2.75) is 38.3 Å². The van der Waals surface area contributed by atoms with Crippen molar-refractivity contribution >= 4 is 0 Å². The van der Waals surface area contributed by atoms with Gasteiger partial charge >= 0.3 is 0 Å². The molecule has 3 heteroatoms. The molecule has 78 valence electrons. The van der Waals surface area contributed by atoms with Crippen molar-refractivity contribution in [3.8, 4) is 0 Å². The lowest BCUT2D eigenvalue weighted by molar-refractivity contribution is 0.0377. The second-order valence-corrected chi connectivity index (χ2v) is 4.17. The molecule has 13 heavy (non-hydrogen) atoms. The summed E-state index contributed by atoms with van der Waals surface area (Å²) in [6.07, 6.45) is 4.04. The maximum Gasteiger partial charge on any atom is 0.0618 e. The van der Waals surface area contributed by atoms with E-state index >= 15 is 0 Å². The maximum atomic E-state index is 5.72. The zero-order valence-electron chi connectivity index (χ0n) is 8.83. The van der Waals surface area contributed by atoms with Crippen molar-refractivity contribution in [3.63, 3.8) is 0 Å². The maximum absolute atomic E-state index is 5.72. The minimum absolute atomic E-state index is 0.168. The highest BCUT2D eigenvalue weighted by molar-refractivity contribution is 4.68. The molecule has 0 bridgehead atoms. The van der Waals surface area contributed by atoms with Crippen LogP contribution >= 0.6 is 0 Å². The number of nitrogens with two attached hydrogens (primary N) is 1. The summed E-state index contributed by atoms with van der Waals surface area (Å²) in [5.74, 6) is 0. The van der Waals surface area contributed by atoms with Crippen LogP contribution in [0.15, 0.2) is 0 Å². The molecule has 1 saturated heterocycles. The Hall–Kier alpha value is -0.120. The SMILES string of the molecule is CC(N)COC1CCCN(C)CC1. The van der Waals surface area contributed by atoms with E-state index in [2.05, 4.69) is 11.9 Å². The minimum Gasteiger partial charge on any atom is -0.377 e. The van der Waals surface area contributed by atoms with Crippen molar-refractivity contribution in [3.05, 3.63) is 0 Å². The minimum atomic E-state index is 0.168. The van der Waals surface area contributed by atoms with Crippen molar-refractivity contribution < 1.29 is 4.74 Å². The van der Waals surface area contributed by atoms with Crippen LogP contribution in [-0.2, 0) is 4.74 Å². The average molecular weight is 186 g/mol. The highest BCUT2D eigenvalue weighted by Crippen LogP contribution is 2.12. The van der Waals surface area contributed by atoms with Crippen molar-refractivity contribution in [1.82, 2.24) is 4.90 Å². The number of likely N-dealkylation sites (tertiary alicyclic amines) is 1. The first kappa shape index (κ1) is 11.0. The van der Waals surface area contributed by atoms with Crippen molar-refractivity contribution in [2.75, 3.05) is 26.7 Å². The Morgan fingerprint density at radius 3 is 2.92 bits per heavy atom. The Morgan fingerprint density at radius 1 is 1.46 bits per heavy atom.